The maximum atomic E-state index is 13.3. The van der Waals surface area contributed by atoms with Crippen LogP contribution in [-0.2, 0) is 11.8 Å². The Morgan fingerprint density at radius 3 is 2.74 bits per heavy atom. The lowest BCUT2D eigenvalue weighted by atomic mass is 9.84. The summed E-state index contributed by atoms with van der Waals surface area (Å²) >= 11 is 0. The van der Waals surface area contributed by atoms with E-state index < -0.39 is 5.92 Å². The fourth-order valence-electron chi connectivity index (χ4n) is 4.93. The smallest absolute Gasteiger partial charge is 0.312 e. The predicted octanol–water partition coefficient (Wildman–Crippen LogP) is 4.95. The number of phenols is 1. The van der Waals surface area contributed by atoms with Crippen molar-refractivity contribution in [3.8, 4) is 23.0 Å². The summed E-state index contributed by atoms with van der Waals surface area (Å²) in [4.78, 5) is 25.7. The van der Waals surface area contributed by atoms with Crippen molar-refractivity contribution in [3.63, 3.8) is 0 Å². The molecule has 0 fully saturated rings. The van der Waals surface area contributed by atoms with Crippen LogP contribution in [0.3, 0.4) is 0 Å². The third-order valence-electron chi connectivity index (χ3n) is 6.60. The Hall–Kier alpha value is -4.52. The number of hydrogen-bond donors (Lipinski definition) is 1. The van der Waals surface area contributed by atoms with Crippen molar-refractivity contribution < 1.29 is 28.9 Å². The topological polar surface area (TPSA) is 87.0 Å². The fourth-order valence-corrected chi connectivity index (χ4v) is 4.93. The highest BCUT2D eigenvalue weighted by molar-refractivity contribution is 6.15. The van der Waals surface area contributed by atoms with E-state index in [4.69, 9.17) is 14.2 Å². The zero-order chi connectivity index (χ0) is 24.3. The molecule has 0 bridgehead atoms. The van der Waals surface area contributed by atoms with E-state index in [1.807, 2.05) is 42.1 Å². The monoisotopic (exact) mass is 467 g/mol. The van der Waals surface area contributed by atoms with Crippen LogP contribution in [0, 0.1) is 0 Å². The number of hydrogen-bond acceptors (Lipinski definition) is 6. The highest BCUT2D eigenvalue weighted by Crippen LogP contribution is 2.49. The van der Waals surface area contributed by atoms with E-state index >= 15 is 0 Å². The fraction of sp³-hybridized carbons (Fsp3) is 0.143. The second kappa shape index (κ2) is 7.77. The summed E-state index contributed by atoms with van der Waals surface area (Å²) in [6.07, 6.45) is 3.78. The van der Waals surface area contributed by atoms with Crippen LogP contribution in [0.1, 0.15) is 39.4 Å². The number of methoxy groups -OCH3 is 1. The minimum atomic E-state index is -0.430. The minimum absolute atomic E-state index is 0.000106. The van der Waals surface area contributed by atoms with E-state index in [1.54, 1.807) is 30.3 Å². The van der Waals surface area contributed by atoms with Crippen LogP contribution in [0.4, 0.5) is 0 Å². The van der Waals surface area contributed by atoms with Gasteiger partial charge in [0.1, 0.15) is 11.5 Å². The summed E-state index contributed by atoms with van der Waals surface area (Å²) in [6.45, 7) is 0. The molecule has 1 N–H and O–H groups in total. The van der Waals surface area contributed by atoms with E-state index in [1.165, 1.54) is 13.2 Å². The maximum Gasteiger partial charge on any atom is 0.312 e. The van der Waals surface area contributed by atoms with Gasteiger partial charge >= 0.3 is 5.97 Å². The Balaban J connectivity index is 1.47. The normalized spacial score (nSPS) is 17.8. The molecule has 0 saturated carbocycles. The Morgan fingerprint density at radius 2 is 1.91 bits per heavy atom. The number of rotatable bonds is 3. The van der Waals surface area contributed by atoms with Crippen LogP contribution in [0.15, 0.2) is 66.6 Å². The summed E-state index contributed by atoms with van der Waals surface area (Å²) < 4.78 is 18.9. The number of fused-ring (bicyclic) bond motifs is 4. The highest BCUT2D eigenvalue weighted by Gasteiger charge is 2.38. The SMILES string of the molecule is COc1cc([C@H]2CC(=O)Oc3ccc4c(c32)O/C(=C\c2cn(C)c3ccccc23)C4=O)ccc1O. The number of para-hydroxylation sites is 1. The van der Waals surface area contributed by atoms with Crippen molar-refractivity contribution in [1.29, 1.82) is 0 Å². The summed E-state index contributed by atoms with van der Waals surface area (Å²) in [6, 6.07) is 16.2. The number of carbonyl (C=O) groups is 2. The molecule has 7 nitrogen and oxygen atoms in total. The molecule has 0 radical (unpaired) electrons. The van der Waals surface area contributed by atoms with Crippen LogP contribution < -0.4 is 14.2 Å². The van der Waals surface area contributed by atoms with Crippen molar-refractivity contribution in [2.24, 2.45) is 7.05 Å². The minimum Gasteiger partial charge on any atom is -0.504 e. The molecule has 2 aliphatic heterocycles. The lowest BCUT2D eigenvalue weighted by molar-refractivity contribution is -0.135. The third-order valence-corrected chi connectivity index (χ3v) is 6.60. The van der Waals surface area contributed by atoms with Gasteiger partial charge in [-0.1, -0.05) is 24.3 Å². The standard InChI is InChI=1S/C28H21NO6/c1-29-14-16(17-5-3-4-6-20(17)29)12-24-27(32)18-8-10-22-26(28(18)35-24)19(13-25(31)34-22)15-7-9-21(30)23(11-15)33-2/h3-12,14,19,30H,13H2,1-2H3/b24-12-/t19-/m1/s1. The molecular formula is C28H21NO6. The number of allylic oxidation sites excluding steroid dienone is 1. The zero-order valence-electron chi connectivity index (χ0n) is 19.1. The molecular weight excluding hydrogens is 446 g/mol. The first-order valence-corrected chi connectivity index (χ1v) is 11.2. The molecule has 3 aromatic carbocycles. The van der Waals surface area contributed by atoms with E-state index in [0.29, 0.717) is 28.4 Å². The van der Waals surface area contributed by atoms with Gasteiger partial charge in [-0.25, -0.2) is 0 Å². The number of ether oxygens (including phenoxy) is 3. The second-order valence-corrected chi connectivity index (χ2v) is 8.67. The average molecular weight is 467 g/mol. The number of phenolic OH excluding ortho intramolecular Hbond substituents is 1. The van der Waals surface area contributed by atoms with E-state index in [-0.39, 0.29) is 29.7 Å². The third kappa shape index (κ3) is 3.27. The first-order chi connectivity index (χ1) is 16.9. The zero-order valence-corrected chi connectivity index (χ0v) is 19.1. The van der Waals surface area contributed by atoms with Crippen molar-refractivity contribution in [3.05, 3.63) is 88.8 Å². The van der Waals surface area contributed by atoms with Crippen molar-refractivity contribution in [2.45, 2.75) is 12.3 Å². The molecule has 0 aliphatic carbocycles. The summed E-state index contributed by atoms with van der Waals surface area (Å²) in [5.74, 6) is 0.216. The van der Waals surface area contributed by atoms with Gasteiger partial charge in [0, 0.05) is 41.2 Å². The molecule has 7 heteroatoms. The molecule has 3 heterocycles. The van der Waals surface area contributed by atoms with Gasteiger partial charge in [0.2, 0.25) is 5.78 Å². The molecule has 6 rings (SSSR count). The molecule has 4 aromatic rings. The van der Waals surface area contributed by atoms with Gasteiger partial charge in [0.25, 0.3) is 0 Å². The lowest BCUT2D eigenvalue weighted by Crippen LogP contribution is -2.21. The van der Waals surface area contributed by atoms with Crippen molar-refractivity contribution >= 4 is 28.7 Å². The highest BCUT2D eigenvalue weighted by atomic mass is 16.5. The molecule has 174 valence electrons. The number of Topliss-reactive ketones (excluding diaryl/α,β-unsaturated/α-hetero) is 1. The molecule has 1 aromatic heterocycles. The second-order valence-electron chi connectivity index (χ2n) is 8.67. The van der Waals surface area contributed by atoms with Gasteiger partial charge in [-0.05, 0) is 42.0 Å². The Morgan fingerprint density at radius 1 is 1.09 bits per heavy atom. The number of benzene rings is 3. The number of ketones is 1. The quantitative estimate of drug-likeness (QED) is 0.261. The number of aromatic hydroxyl groups is 1. The number of esters is 1. The van der Waals surface area contributed by atoms with Gasteiger partial charge in [0.05, 0.1) is 19.1 Å². The average Bonchev–Trinajstić information content (AvgIpc) is 3.35. The predicted molar refractivity (Wildman–Crippen MR) is 129 cm³/mol. The van der Waals surface area contributed by atoms with Gasteiger partial charge < -0.3 is 23.9 Å². The Labute approximate surface area is 200 Å². The molecule has 0 saturated heterocycles. The molecule has 0 spiro atoms. The van der Waals surface area contributed by atoms with Crippen LogP contribution in [0.2, 0.25) is 0 Å². The number of aryl methyl sites for hydroxylation is 1. The summed E-state index contributed by atoms with van der Waals surface area (Å²) in [5.41, 5.74) is 3.72. The number of carbonyl (C=O) groups excluding carboxylic acids is 2. The van der Waals surface area contributed by atoms with Gasteiger partial charge in [0.15, 0.2) is 17.3 Å². The summed E-state index contributed by atoms with van der Waals surface area (Å²) in [7, 11) is 3.42. The van der Waals surface area contributed by atoms with Gasteiger partial charge in [-0.15, -0.1) is 0 Å². The first kappa shape index (κ1) is 21.0. The van der Waals surface area contributed by atoms with Gasteiger partial charge in [-0.2, -0.15) is 0 Å². The molecule has 2 aliphatic rings. The first-order valence-electron chi connectivity index (χ1n) is 11.2. The summed E-state index contributed by atoms with van der Waals surface area (Å²) in [5, 5.41) is 11.0. The lowest BCUT2D eigenvalue weighted by Gasteiger charge is -2.26. The molecule has 35 heavy (non-hydrogen) atoms. The van der Waals surface area contributed by atoms with Crippen LogP contribution in [0.25, 0.3) is 17.0 Å². The van der Waals surface area contributed by atoms with E-state index in [9.17, 15) is 14.7 Å². The molecule has 0 amide bonds. The van der Waals surface area contributed by atoms with Crippen molar-refractivity contribution in [2.75, 3.05) is 7.11 Å². The Kier molecular flexibility index (Phi) is 4.67. The van der Waals surface area contributed by atoms with Crippen LogP contribution in [-0.4, -0.2) is 28.5 Å². The van der Waals surface area contributed by atoms with Crippen LogP contribution >= 0.6 is 0 Å². The molecule has 0 unspecified atom stereocenters. The van der Waals surface area contributed by atoms with Gasteiger partial charge in [-0.3, -0.25) is 9.59 Å². The maximum absolute atomic E-state index is 13.3. The van der Waals surface area contributed by atoms with Crippen LogP contribution in [0.5, 0.6) is 23.0 Å². The van der Waals surface area contributed by atoms with E-state index in [2.05, 4.69) is 0 Å². The van der Waals surface area contributed by atoms with E-state index in [0.717, 1.165) is 22.0 Å². The molecule has 1 atom stereocenters. The largest absolute Gasteiger partial charge is 0.504 e. The number of nitrogens with zero attached hydrogens (tertiary/aromatic N) is 1. The number of aromatic nitrogens is 1. The Bertz CT molecular complexity index is 1580. The van der Waals surface area contributed by atoms with Crippen molar-refractivity contribution in [1.82, 2.24) is 4.57 Å².